The summed E-state index contributed by atoms with van der Waals surface area (Å²) in [4.78, 5) is 23.4. The number of ether oxygens (including phenoxy) is 1. The van der Waals surface area contributed by atoms with Crippen molar-refractivity contribution in [3.63, 3.8) is 0 Å². The molecule has 1 aliphatic rings. The zero-order chi connectivity index (χ0) is 16.3. The Kier molecular flexibility index (Phi) is 5.31. The quantitative estimate of drug-likeness (QED) is 0.815. The fraction of sp³-hybridized carbons (Fsp3) is 0.385. The van der Waals surface area contributed by atoms with Crippen LogP contribution in [-0.4, -0.2) is 44.4 Å². The van der Waals surface area contributed by atoms with Gasteiger partial charge in [-0.15, -0.1) is 0 Å². The normalized spacial score (nSPS) is 19.6. The molecule has 1 fully saturated rings. The molecule has 120 valence electrons. The Morgan fingerprint density at radius 3 is 2.59 bits per heavy atom. The summed E-state index contributed by atoms with van der Waals surface area (Å²) in [6, 6.07) is 3.79. The van der Waals surface area contributed by atoms with Crippen molar-refractivity contribution in [2.45, 2.75) is 12.5 Å². The van der Waals surface area contributed by atoms with Crippen LogP contribution in [0.1, 0.15) is 16.8 Å². The second-order valence-corrected chi connectivity index (χ2v) is 7.92. The van der Waals surface area contributed by atoms with Gasteiger partial charge in [0.2, 0.25) is 0 Å². The first-order valence-electron chi connectivity index (χ1n) is 6.39. The molecule has 1 heterocycles. The highest BCUT2D eigenvalue weighted by Crippen LogP contribution is 2.22. The Labute approximate surface area is 137 Å². The third-order valence-corrected chi connectivity index (χ3v) is 5.59. The standard InChI is InChI=1S/C13H13Cl2NO5S/c14-10-2-1-8(5-11(10)15)13(18)21-6-12(17)16-9-3-4-22(19,20)7-9/h1-2,5,9H,3-4,6-7H2,(H,16,17)/t9-/m1/s1. The van der Waals surface area contributed by atoms with Crippen molar-refractivity contribution in [1.82, 2.24) is 5.32 Å². The van der Waals surface area contributed by atoms with Crippen molar-refractivity contribution in [2.75, 3.05) is 18.1 Å². The fourth-order valence-corrected chi connectivity index (χ4v) is 3.99. The number of benzene rings is 1. The Balaban J connectivity index is 1.83. The van der Waals surface area contributed by atoms with Gasteiger partial charge in [0.25, 0.3) is 5.91 Å². The van der Waals surface area contributed by atoms with E-state index in [9.17, 15) is 18.0 Å². The lowest BCUT2D eigenvalue weighted by Gasteiger charge is -2.11. The van der Waals surface area contributed by atoms with Crippen LogP contribution >= 0.6 is 23.2 Å². The third-order valence-electron chi connectivity index (χ3n) is 3.09. The number of halogens is 2. The highest BCUT2D eigenvalue weighted by Gasteiger charge is 2.29. The average molecular weight is 366 g/mol. The molecule has 1 atom stereocenters. The highest BCUT2D eigenvalue weighted by atomic mass is 35.5. The first-order chi connectivity index (χ1) is 10.3. The first kappa shape index (κ1) is 17.1. The molecule has 0 aromatic heterocycles. The zero-order valence-electron chi connectivity index (χ0n) is 11.3. The molecule has 0 unspecified atom stereocenters. The van der Waals surface area contributed by atoms with Crippen LogP contribution in [-0.2, 0) is 19.4 Å². The Hall–Kier alpha value is -1.31. The molecule has 1 aliphatic heterocycles. The number of hydrogen-bond donors (Lipinski definition) is 1. The van der Waals surface area contributed by atoms with E-state index in [1.54, 1.807) is 0 Å². The maximum Gasteiger partial charge on any atom is 0.338 e. The lowest BCUT2D eigenvalue weighted by molar-refractivity contribution is -0.124. The van der Waals surface area contributed by atoms with Gasteiger partial charge in [-0.2, -0.15) is 0 Å². The van der Waals surface area contributed by atoms with Gasteiger partial charge in [0.1, 0.15) is 0 Å². The van der Waals surface area contributed by atoms with Crippen molar-refractivity contribution >= 4 is 44.9 Å². The van der Waals surface area contributed by atoms with Crippen molar-refractivity contribution in [2.24, 2.45) is 0 Å². The summed E-state index contributed by atoms with van der Waals surface area (Å²) in [6.45, 7) is -0.490. The lowest BCUT2D eigenvalue weighted by atomic mass is 10.2. The smallest absolute Gasteiger partial charge is 0.338 e. The van der Waals surface area contributed by atoms with Crippen LogP contribution in [0.15, 0.2) is 18.2 Å². The van der Waals surface area contributed by atoms with Gasteiger partial charge in [-0.1, -0.05) is 23.2 Å². The molecule has 1 amide bonds. The first-order valence-corrected chi connectivity index (χ1v) is 8.96. The predicted molar refractivity (Wildman–Crippen MR) is 81.9 cm³/mol. The van der Waals surface area contributed by atoms with Gasteiger partial charge in [0, 0.05) is 6.04 Å². The van der Waals surface area contributed by atoms with E-state index < -0.39 is 34.4 Å². The number of nitrogens with one attached hydrogen (secondary N) is 1. The van der Waals surface area contributed by atoms with Crippen molar-refractivity contribution in [1.29, 1.82) is 0 Å². The molecule has 0 bridgehead atoms. The van der Waals surface area contributed by atoms with E-state index in [1.807, 2.05) is 0 Å². The van der Waals surface area contributed by atoms with E-state index in [2.05, 4.69) is 5.32 Å². The molecule has 2 rings (SSSR count). The maximum absolute atomic E-state index is 11.8. The topological polar surface area (TPSA) is 89.5 Å². The summed E-state index contributed by atoms with van der Waals surface area (Å²) in [5.74, 6) is -1.29. The van der Waals surface area contributed by atoms with Gasteiger partial charge in [0.05, 0.1) is 27.1 Å². The van der Waals surface area contributed by atoms with Gasteiger partial charge in [-0.3, -0.25) is 4.79 Å². The van der Waals surface area contributed by atoms with E-state index in [1.165, 1.54) is 18.2 Å². The van der Waals surface area contributed by atoms with E-state index in [0.29, 0.717) is 11.4 Å². The second-order valence-electron chi connectivity index (χ2n) is 4.87. The molecular weight excluding hydrogens is 353 g/mol. The molecule has 9 heteroatoms. The van der Waals surface area contributed by atoms with E-state index >= 15 is 0 Å². The second kappa shape index (κ2) is 6.85. The Morgan fingerprint density at radius 1 is 1.27 bits per heavy atom. The minimum atomic E-state index is -3.07. The number of amides is 1. The molecule has 1 aromatic rings. The number of rotatable bonds is 4. The number of hydrogen-bond acceptors (Lipinski definition) is 5. The molecule has 22 heavy (non-hydrogen) atoms. The minimum absolute atomic E-state index is 0.0566. The molecule has 0 spiro atoms. The van der Waals surface area contributed by atoms with E-state index in [0.717, 1.165) is 0 Å². The molecule has 0 radical (unpaired) electrons. The van der Waals surface area contributed by atoms with Gasteiger partial charge in [-0.25, -0.2) is 13.2 Å². The van der Waals surface area contributed by atoms with Crippen LogP contribution in [0.25, 0.3) is 0 Å². The summed E-state index contributed by atoms with van der Waals surface area (Å²) in [7, 11) is -3.07. The third kappa shape index (κ3) is 4.59. The van der Waals surface area contributed by atoms with Crippen molar-refractivity contribution in [3.05, 3.63) is 33.8 Å². The number of sulfone groups is 1. The number of carbonyl (C=O) groups is 2. The zero-order valence-corrected chi connectivity index (χ0v) is 13.7. The molecule has 1 aromatic carbocycles. The van der Waals surface area contributed by atoms with Crippen LogP contribution in [0.4, 0.5) is 0 Å². The molecular formula is C13H13Cl2NO5S. The van der Waals surface area contributed by atoms with Crippen LogP contribution < -0.4 is 5.32 Å². The van der Waals surface area contributed by atoms with Crippen molar-refractivity contribution < 1.29 is 22.7 Å². The minimum Gasteiger partial charge on any atom is -0.452 e. The van der Waals surface area contributed by atoms with Crippen LogP contribution in [0.3, 0.4) is 0 Å². The molecule has 0 aliphatic carbocycles. The molecule has 0 saturated carbocycles. The Morgan fingerprint density at radius 2 is 2.00 bits per heavy atom. The molecule has 6 nitrogen and oxygen atoms in total. The van der Waals surface area contributed by atoms with Crippen LogP contribution in [0.2, 0.25) is 10.0 Å². The molecule has 1 saturated heterocycles. The summed E-state index contributed by atoms with van der Waals surface area (Å²) in [6.07, 6.45) is 0.370. The van der Waals surface area contributed by atoms with Gasteiger partial charge < -0.3 is 10.1 Å². The monoisotopic (exact) mass is 365 g/mol. The number of esters is 1. The summed E-state index contributed by atoms with van der Waals surface area (Å²) in [5, 5.41) is 3.03. The summed E-state index contributed by atoms with van der Waals surface area (Å²) < 4.78 is 27.4. The van der Waals surface area contributed by atoms with Gasteiger partial charge in [-0.05, 0) is 24.6 Å². The van der Waals surface area contributed by atoms with Crippen molar-refractivity contribution in [3.8, 4) is 0 Å². The molecule has 1 N–H and O–H groups in total. The summed E-state index contributed by atoms with van der Waals surface area (Å²) >= 11 is 11.5. The number of carbonyl (C=O) groups excluding carboxylic acids is 2. The van der Waals surface area contributed by atoms with Crippen LogP contribution in [0.5, 0.6) is 0 Å². The Bertz CT molecular complexity index is 704. The van der Waals surface area contributed by atoms with Gasteiger partial charge >= 0.3 is 5.97 Å². The SMILES string of the molecule is O=C(COC(=O)c1ccc(Cl)c(Cl)c1)N[C@@H]1CCS(=O)(=O)C1. The van der Waals surface area contributed by atoms with E-state index in [-0.39, 0.29) is 22.1 Å². The lowest BCUT2D eigenvalue weighted by Crippen LogP contribution is -2.38. The highest BCUT2D eigenvalue weighted by molar-refractivity contribution is 7.91. The average Bonchev–Trinajstić information content (AvgIpc) is 2.78. The summed E-state index contributed by atoms with van der Waals surface area (Å²) in [5.41, 5.74) is 0.172. The maximum atomic E-state index is 11.8. The predicted octanol–water partition coefficient (Wildman–Crippen LogP) is 1.45. The van der Waals surface area contributed by atoms with E-state index in [4.69, 9.17) is 27.9 Å². The van der Waals surface area contributed by atoms with Gasteiger partial charge in [0.15, 0.2) is 16.4 Å². The fourth-order valence-electron chi connectivity index (χ4n) is 2.02. The van der Waals surface area contributed by atoms with Crippen LogP contribution in [0, 0.1) is 0 Å². The largest absolute Gasteiger partial charge is 0.452 e.